The van der Waals surface area contributed by atoms with E-state index in [2.05, 4.69) is 22.8 Å². The highest BCUT2D eigenvalue weighted by molar-refractivity contribution is 5.95. The molecule has 8 rings (SSSR count). The molecule has 2 heterocycles. The summed E-state index contributed by atoms with van der Waals surface area (Å²) < 4.78 is 25.2. The van der Waals surface area contributed by atoms with Crippen LogP contribution in [-0.2, 0) is 30.3 Å². The van der Waals surface area contributed by atoms with Crippen LogP contribution in [0.4, 0.5) is 0 Å². The molecule has 3 saturated carbocycles. The summed E-state index contributed by atoms with van der Waals surface area (Å²) in [5.41, 5.74) is 3.15. The molecule has 2 aromatic carbocycles. The number of hydrogen-bond acceptors (Lipinski definition) is 8. The van der Waals surface area contributed by atoms with E-state index in [9.17, 15) is 14.4 Å². The van der Waals surface area contributed by atoms with E-state index in [0.717, 1.165) is 56.1 Å². The number of benzene rings is 2. The number of epoxide rings is 1. The summed E-state index contributed by atoms with van der Waals surface area (Å²) in [4.78, 5) is 39.5. The van der Waals surface area contributed by atoms with E-state index in [-0.39, 0.29) is 37.9 Å². The van der Waals surface area contributed by atoms with Crippen molar-refractivity contribution in [1.29, 1.82) is 0 Å². The van der Waals surface area contributed by atoms with Gasteiger partial charge in [-0.05, 0) is 92.3 Å². The van der Waals surface area contributed by atoms with Gasteiger partial charge < -0.3 is 34.7 Å². The van der Waals surface area contributed by atoms with E-state index >= 15 is 0 Å². The van der Waals surface area contributed by atoms with E-state index in [1.165, 1.54) is 0 Å². The number of amides is 2. The second-order valence-electron chi connectivity index (χ2n) is 14.4. The smallest absolute Gasteiger partial charge is 0.338 e. The van der Waals surface area contributed by atoms with Gasteiger partial charge in [-0.25, -0.2) is 4.79 Å². The first-order valence-corrected chi connectivity index (χ1v) is 17.9. The van der Waals surface area contributed by atoms with Gasteiger partial charge in [0, 0.05) is 42.5 Å². The van der Waals surface area contributed by atoms with Gasteiger partial charge >= 0.3 is 5.97 Å². The lowest BCUT2D eigenvalue weighted by atomic mass is 9.89. The molecule has 6 atom stereocenters. The minimum absolute atomic E-state index is 0.145. The Morgan fingerprint density at radius 2 is 1.69 bits per heavy atom. The summed E-state index contributed by atoms with van der Waals surface area (Å²) in [5, 5.41) is 14.6. The van der Waals surface area contributed by atoms with Crippen molar-refractivity contribution < 1.29 is 38.4 Å². The van der Waals surface area contributed by atoms with Crippen molar-refractivity contribution in [3.05, 3.63) is 88.5 Å². The van der Waals surface area contributed by atoms with Gasteiger partial charge in [0.05, 0.1) is 24.4 Å². The standard InChI is InChI=1S/C39H44N2O8/c42-17-16-40-36(43)27-3-1-2-25(18-27)22-41-37(44)28-20-33(35-34(21-28)48-39(49-35,29-11-12-29)30-13-14-30)47-38(45)26-9-6-23(7-10-26)4-5-24-8-15-31-32(19-24)46-31/h1-7,9-10,18,21,24,29-35,42H,8,11-17,19-20,22H2,(H,40,43)(H,41,44). The highest BCUT2D eigenvalue weighted by atomic mass is 16.8. The molecule has 5 fully saturated rings. The summed E-state index contributed by atoms with van der Waals surface area (Å²) in [6.45, 7) is 0.224. The highest BCUT2D eigenvalue weighted by Gasteiger charge is 2.64. The largest absolute Gasteiger partial charge is 0.456 e. The molecule has 0 bridgehead atoms. The zero-order valence-corrected chi connectivity index (χ0v) is 27.6. The van der Waals surface area contributed by atoms with E-state index in [1.54, 1.807) is 30.3 Å². The zero-order chi connectivity index (χ0) is 33.5. The molecule has 2 amide bonds. The summed E-state index contributed by atoms with van der Waals surface area (Å²) >= 11 is 0. The molecule has 10 nitrogen and oxygen atoms in total. The Hall–Kier alpha value is -3.83. The SMILES string of the molecule is O=C(NCc1cccc(C(=O)NCCO)c1)C1=CC2OC(C3CC3)(C3CC3)OC2C(OC(=O)c2ccc(C=CC3CCC4OC4C3)cc2)C1. The fourth-order valence-corrected chi connectivity index (χ4v) is 7.75. The number of esters is 1. The van der Waals surface area contributed by atoms with E-state index in [4.69, 9.17) is 24.1 Å². The number of hydrogen-bond donors (Lipinski definition) is 3. The Balaban J connectivity index is 0.946. The summed E-state index contributed by atoms with van der Waals surface area (Å²) in [7, 11) is 0. The Morgan fingerprint density at radius 1 is 0.898 bits per heavy atom. The Morgan fingerprint density at radius 3 is 2.43 bits per heavy atom. The average molecular weight is 669 g/mol. The molecule has 49 heavy (non-hydrogen) atoms. The monoisotopic (exact) mass is 668 g/mol. The molecule has 6 aliphatic rings. The first kappa shape index (κ1) is 32.4. The molecule has 4 aliphatic carbocycles. The number of carbonyl (C=O) groups is 3. The number of ether oxygens (including phenoxy) is 4. The van der Waals surface area contributed by atoms with Crippen molar-refractivity contribution in [3.63, 3.8) is 0 Å². The molecule has 258 valence electrons. The normalized spacial score (nSPS) is 29.8. The molecule has 2 saturated heterocycles. The van der Waals surface area contributed by atoms with Crippen LogP contribution in [0.3, 0.4) is 0 Å². The van der Waals surface area contributed by atoms with Crippen molar-refractivity contribution >= 4 is 23.9 Å². The summed E-state index contributed by atoms with van der Waals surface area (Å²) in [6, 6.07) is 14.4. The van der Waals surface area contributed by atoms with Crippen LogP contribution in [0.5, 0.6) is 0 Å². The van der Waals surface area contributed by atoms with Gasteiger partial charge in [0.25, 0.3) is 5.91 Å². The Bertz CT molecular complexity index is 1630. The average Bonchev–Trinajstić information content (AvgIpc) is 3.99. The lowest BCUT2D eigenvalue weighted by molar-refractivity contribution is -0.209. The fraction of sp³-hybridized carbons (Fsp3) is 0.513. The third-order valence-corrected chi connectivity index (χ3v) is 10.8. The topological polar surface area (TPSA) is 136 Å². The Kier molecular flexibility index (Phi) is 8.90. The molecule has 6 unspecified atom stereocenters. The van der Waals surface area contributed by atoms with Gasteiger partial charge in [-0.3, -0.25) is 9.59 Å². The second-order valence-corrected chi connectivity index (χ2v) is 14.4. The predicted molar refractivity (Wildman–Crippen MR) is 179 cm³/mol. The van der Waals surface area contributed by atoms with Gasteiger partial charge in [-0.2, -0.15) is 0 Å². The molecule has 0 aromatic heterocycles. The van der Waals surface area contributed by atoms with Gasteiger partial charge in [0.15, 0.2) is 5.79 Å². The molecule has 2 aliphatic heterocycles. The van der Waals surface area contributed by atoms with Crippen LogP contribution < -0.4 is 10.6 Å². The molecule has 2 aromatic rings. The number of aliphatic hydroxyl groups excluding tert-OH is 1. The van der Waals surface area contributed by atoms with Gasteiger partial charge in [-0.15, -0.1) is 0 Å². The minimum Gasteiger partial charge on any atom is -0.456 e. The highest BCUT2D eigenvalue weighted by Crippen LogP contribution is 2.59. The van der Waals surface area contributed by atoms with Gasteiger partial charge in [0.1, 0.15) is 18.3 Å². The van der Waals surface area contributed by atoms with Crippen LogP contribution in [0.2, 0.25) is 0 Å². The quantitative estimate of drug-likeness (QED) is 0.223. The van der Waals surface area contributed by atoms with Crippen LogP contribution in [-0.4, -0.2) is 72.3 Å². The summed E-state index contributed by atoms with van der Waals surface area (Å²) in [6.07, 6.45) is 13.2. The van der Waals surface area contributed by atoms with Crippen LogP contribution >= 0.6 is 0 Å². The predicted octanol–water partition coefficient (Wildman–Crippen LogP) is 4.46. The van der Waals surface area contributed by atoms with Gasteiger partial charge in [-0.1, -0.05) is 36.4 Å². The van der Waals surface area contributed by atoms with Crippen molar-refractivity contribution in [2.45, 2.75) is 94.2 Å². The van der Waals surface area contributed by atoms with Crippen LogP contribution in [0, 0.1) is 17.8 Å². The maximum absolute atomic E-state index is 13.6. The van der Waals surface area contributed by atoms with E-state index in [1.807, 2.05) is 24.3 Å². The third kappa shape index (κ3) is 7.10. The first-order valence-electron chi connectivity index (χ1n) is 17.9. The third-order valence-electron chi connectivity index (χ3n) is 10.8. The minimum atomic E-state index is -0.694. The second kappa shape index (κ2) is 13.5. The maximum Gasteiger partial charge on any atom is 0.338 e. The first-order chi connectivity index (χ1) is 23.9. The molecule has 10 heteroatoms. The maximum atomic E-state index is 13.6. The van der Waals surface area contributed by atoms with Crippen LogP contribution in [0.15, 0.2) is 66.3 Å². The van der Waals surface area contributed by atoms with Crippen molar-refractivity contribution in [3.8, 4) is 0 Å². The number of carbonyl (C=O) groups excluding carboxylic acids is 3. The number of nitrogens with one attached hydrogen (secondary N) is 2. The molecule has 3 N–H and O–H groups in total. The number of rotatable bonds is 12. The molecule has 0 spiro atoms. The Labute approximate surface area is 286 Å². The molecular formula is C39H44N2O8. The van der Waals surface area contributed by atoms with Crippen LogP contribution in [0.1, 0.15) is 83.2 Å². The van der Waals surface area contributed by atoms with E-state index < -0.39 is 30.1 Å². The van der Waals surface area contributed by atoms with Crippen molar-refractivity contribution in [1.82, 2.24) is 10.6 Å². The molecule has 0 radical (unpaired) electrons. The van der Waals surface area contributed by atoms with E-state index in [0.29, 0.717) is 46.7 Å². The number of allylic oxidation sites excluding steroid dienone is 1. The number of fused-ring (bicyclic) bond motifs is 2. The zero-order valence-electron chi connectivity index (χ0n) is 27.6. The summed E-state index contributed by atoms with van der Waals surface area (Å²) in [5.74, 6) is -0.555. The fourth-order valence-electron chi connectivity index (χ4n) is 7.75. The van der Waals surface area contributed by atoms with Gasteiger partial charge in [0.2, 0.25) is 5.91 Å². The molecular weight excluding hydrogens is 624 g/mol. The number of aliphatic hydroxyl groups is 1. The lowest BCUT2D eigenvalue weighted by Gasteiger charge is -2.31. The van der Waals surface area contributed by atoms with Crippen molar-refractivity contribution in [2.24, 2.45) is 17.8 Å². The lowest BCUT2D eigenvalue weighted by Crippen LogP contribution is -2.44. The van der Waals surface area contributed by atoms with Crippen LogP contribution in [0.25, 0.3) is 6.08 Å². The van der Waals surface area contributed by atoms with Crippen molar-refractivity contribution in [2.75, 3.05) is 13.2 Å².